The summed E-state index contributed by atoms with van der Waals surface area (Å²) < 4.78 is 0. The van der Waals surface area contributed by atoms with Crippen LogP contribution < -0.4 is 5.32 Å². The second-order valence-corrected chi connectivity index (χ2v) is 5.27. The van der Waals surface area contributed by atoms with Gasteiger partial charge in [-0.15, -0.1) is 6.42 Å². The standard InChI is InChI=1S/C15H16N2O2S/c1-2-14-16-13(11-20-14)15(19)17(8-9-18)10-12-6-4-3-5-7-12/h1,3-7,11,14,16,18H,8-10H2. The van der Waals surface area contributed by atoms with Gasteiger partial charge in [0.05, 0.1) is 6.61 Å². The Morgan fingerprint density at radius 2 is 2.20 bits per heavy atom. The maximum absolute atomic E-state index is 12.4. The lowest BCUT2D eigenvalue weighted by molar-refractivity contribution is -0.128. The summed E-state index contributed by atoms with van der Waals surface area (Å²) in [6.07, 6.45) is 5.32. The molecule has 2 rings (SSSR count). The van der Waals surface area contributed by atoms with Gasteiger partial charge in [-0.2, -0.15) is 0 Å². The van der Waals surface area contributed by atoms with Crippen LogP contribution in [0.15, 0.2) is 41.4 Å². The predicted octanol–water partition coefficient (Wildman–Crippen LogP) is 1.14. The number of terminal acetylenes is 1. The van der Waals surface area contributed by atoms with Gasteiger partial charge in [0, 0.05) is 18.5 Å². The lowest BCUT2D eigenvalue weighted by Gasteiger charge is -2.22. The van der Waals surface area contributed by atoms with Crippen LogP contribution in [0.5, 0.6) is 0 Å². The quantitative estimate of drug-likeness (QED) is 0.798. The van der Waals surface area contributed by atoms with Crippen LogP contribution in [-0.4, -0.2) is 34.4 Å². The fourth-order valence-corrected chi connectivity index (χ4v) is 2.60. The van der Waals surface area contributed by atoms with Gasteiger partial charge < -0.3 is 15.3 Å². The minimum Gasteiger partial charge on any atom is -0.395 e. The molecule has 0 spiro atoms. The molecule has 1 aliphatic heterocycles. The van der Waals surface area contributed by atoms with Crippen LogP contribution in [0, 0.1) is 12.3 Å². The summed E-state index contributed by atoms with van der Waals surface area (Å²) in [5.74, 6) is 2.40. The van der Waals surface area contributed by atoms with Crippen LogP contribution in [0.25, 0.3) is 0 Å². The Kier molecular flexibility index (Phi) is 5.10. The summed E-state index contributed by atoms with van der Waals surface area (Å²) in [7, 11) is 0. The second kappa shape index (κ2) is 7.04. The van der Waals surface area contributed by atoms with Crippen molar-refractivity contribution in [3.8, 4) is 12.3 Å². The third-order valence-corrected chi connectivity index (χ3v) is 3.76. The van der Waals surface area contributed by atoms with E-state index in [1.807, 2.05) is 30.3 Å². The zero-order chi connectivity index (χ0) is 14.4. The number of benzene rings is 1. The van der Waals surface area contributed by atoms with Gasteiger partial charge in [0.1, 0.15) is 11.1 Å². The van der Waals surface area contributed by atoms with Gasteiger partial charge in [0.25, 0.3) is 5.91 Å². The van der Waals surface area contributed by atoms with Crippen molar-refractivity contribution in [3.63, 3.8) is 0 Å². The van der Waals surface area contributed by atoms with Crippen molar-refractivity contribution in [2.75, 3.05) is 13.2 Å². The SMILES string of the molecule is C#CC1NC(C(=O)N(CCO)Cc2ccccc2)=CS1. The fourth-order valence-electron chi connectivity index (χ4n) is 1.89. The lowest BCUT2D eigenvalue weighted by atomic mass is 10.2. The van der Waals surface area contributed by atoms with E-state index in [0.29, 0.717) is 12.2 Å². The maximum atomic E-state index is 12.4. The Labute approximate surface area is 122 Å². The van der Waals surface area contributed by atoms with Crippen LogP contribution in [0.4, 0.5) is 0 Å². The highest BCUT2D eigenvalue weighted by Crippen LogP contribution is 2.21. The number of nitrogens with zero attached hydrogens (tertiary/aromatic N) is 1. The molecule has 5 heteroatoms. The zero-order valence-corrected chi connectivity index (χ0v) is 11.8. The van der Waals surface area contributed by atoms with Gasteiger partial charge in [-0.25, -0.2) is 0 Å². The molecule has 0 radical (unpaired) electrons. The normalized spacial score (nSPS) is 17.0. The van der Waals surface area contributed by atoms with Gasteiger partial charge in [-0.3, -0.25) is 4.79 Å². The predicted molar refractivity (Wildman–Crippen MR) is 80.4 cm³/mol. The number of hydrogen-bond acceptors (Lipinski definition) is 4. The lowest BCUT2D eigenvalue weighted by Crippen LogP contribution is -2.38. The molecular formula is C15H16N2O2S. The van der Waals surface area contributed by atoms with E-state index in [-0.39, 0.29) is 24.4 Å². The summed E-state index contributed by atoms with van der Waals surface area (Å²) in [5, 5.41) is 13.7. The van der Waals surface area contributed by atoms with Crippen LogP contribution in [-0.2, 0) is 11.3 Å². The smallest absolute Gasteiger partial charge is 0.270 e. The molecule has 104 valence electrons. The highest BCUT2D eigenvalue weighted by Gasteiger charge is 2.24. The van der Waals surface area contributed by atoms with Crippen molar-refractivity contribution in [1.29, 1.82) is 0 Å². The summed E-state index contributed by atoms with van der Waals surface area (Å²) in [5.41, 5.74) is 1.51. The molecule has 1 aliphatic rings. The average molecular weight is 288 g/mol. The van der Waals surface area contributed by atoms with Crippen LogP contribution in [0.3, 0.4) is 0 Å². The number of aliphatic hydroxyl groups is 1. The molecule has 0 aromatic heterocycles. The van der Waals surface area contributed by atoms with Crippen LogP contribution >= 0.6 is 11.8 Å². The summed E-state index contributed by atoms with van der Waals surface area (Å²) >= 11 is 1.40. The van der Waals surface area contributed by atoms with Crippen molar-refractivity contribution >= 4 is 17.7 Å². The molecule has 1 aromatic carbocycles. The highest BCUT2D eigenvalue weighted by atomic mass is 32.2. The Morgan fingerprint density at radius 1 is 1.45 bits per heavy atom. The zero-order valence-electron chi connectivity index (χ0n) is 11.0. The monoisotopic (exact) mass is 288 g/mol. The van der Waals surface area contributed by atoms with Crippen LogP contribution in [0.1, 0.15) is 5.56 Å². The molecule has 1 heterocycles. The number of rotatable bonds is 5. The first-order chi connectivity index (χ1) is 9.74. The van der Waals surface area contributed by atoms with Gasteiger partial charge >= 0.3 is 0 Å². The Morgan fingerprint density at radius 3 is 2.80 bits per heavy atom. The van der Waals surface area contributed by atoms with E-state index in [4.69, 9.17) is 11.5 Å². The number of carbonyl (C=O) groups excluding carboxylic acids is 1. The maximum Gasteiger partial charge on any atom is 0.270 e. The molecule has 1 amide bonds. The number of nitrogens with one attached hydrogen (secondary N) is 1. The molecule has 0 fully saturated rings. The first-order valence-corrected chi connectivity index (χ1v) is 7.21. The topological polar surface area (TPSA) is 52.6 Å². The third kappa shape index (κ3) is 3.56. The molecule has 2 N–H and O–H groups in total. The Hall–Kier alpha value is -1.90. The summed E-state index contributed by atoms with van der Waals surface area (Å²) in [6.45, 7) is 0.681. The summed E-state index contributed by atoms with van der Waals surface area (Å²) in [4.78, 5) is 14.0. The van der Waals surface area contributed by atoms with E-state index < -0.39 is 0 Å². The largest absolute Gasteiger partial charge is 0.395 e. The Balaban J connectivity index is 2.05. The number of aliphatic hydroxyl groups excluding tert-OH is 1. The second-order valence-electron chi connectivity index (χ2n) is 4.29. The summed E-state index contributed by atoms with van der Waals surface area (Å²) in [6, 6.07) is 9.68. The average Bonchev–Trinajstić information content (AvgIpc) is 2.96. The molecule has 1 aromatic rings. The van der Waals surface area contributed by atoms with Crippen molar-refractivity contribution in [1.82, 2.24) is 10.2 Å². The molecule has 20 heavy (non-hydrogen) atoms. The first kappa shape index (κ1) is 14.5. The van der Waals surface area contributed by atoms with E-state index in [1.165, 1.54) is 11.8 Å². The third-order valence-electron chi connectivity index (χ3n) is 2.86. The Bertz CT molecular complexity index is 537. The molecule has 1 unspecified atom stereocenters. The molecule has 0 saturated carbocycles. The molecule has 0 aliphatic carbocycles. The number of amides is 1. The number of hydrogen-bond donors (Lipinski definition) is 2. The van der Waals surface area contributed by atoms with Crippen molar-refractivity contribution in [2.24, 2.45) is 0 Å². The van der Waals surface area contributed by atoms with Crippen LogP contribution in [0.2, 0.25) is 0 Å². The minimum absolute atomic E-state index is 0.0719. The van der Waals surface area contributed by atoms with Gasteiger partial charge in [-0.1, -0.05) is 48.0 Å². The van der Waals surface area contributed by atoms with E-state index in [2.05, 4.69) is 11.2 Å². The van der Waals surface area contributed by atoms with E-state index in [1.54, 1.807) is 10.3 Å². The van der Waals surface area contributed by atoms with Gasteiger partial charge in [0.15, 0.2) is 0 Å². The fraction of sp³-hybridized carbons (Fsp3) is 0.267. The molecule has 0 bridgehead atoms. The first-order valence-electron chi connectivity index (χ1n) is 6.27. The van der Waals surface area contributed by atoms with E-state index in [0.717, 1.165) is 5.56 Å². The number of thioether (sulfide) groups is 1. The molecule has 0 saturated heterocycles. The minimum atomic E-state index is -0.193. The van der Waals surface area contributed by atoms with Gasteiger partial charge in [0.2, 0.25) is 0 Å². The molecule has 4 nitrogen and oxygen atoms in total. The van der Waals surface area contributed by atoms with Crippen molar-refractivity contribution < 1.29 is 9.90 Å². The van der Waals surface area contributed by atoms with Gasteiger partial charge in [-0.05, 0) is 5.56 Å². The van der Waals surface area contributed by atoms with Crippen molar-refractivity contribution in [3.05, 3.63) is 47.0 Å². The highest BCUT2D eigenvalue weighted by molar-refractivity contribution is 8.03. The number of carbonyl (C=O) groups is 1. The van der Waals surface area contributed by atoms with Crippen molar-refractivity contribution in [2.45, 2.75) is 11.9 Å². The van der Waals surface area contributed by atoms with E-state index >= 15 is 0 Å². The van der Waals surface area contributed by atoms with E-state index in [9.17, 15) is 4.79 Å². The molecular weight excluding hydrogens is 272 g/mol. The molecule has 1 atom stereocenters.